The van der Waals surface area contributed by atoms with Gasteiger partial charge in [0.25, 0.3) is 0 Å². The van der Waals surface area contributed by atoms with E-state index in [0.717, 1.165) is 10.9 Å². The van der Waals surface area contributed by atoms with E-state index < -0.39 is 15.9 Å². The van der Waals surface area contributed by atoms with Crippen LogP contribution in [0, 0.1) is 5.92 Å². The lowest BCUT2D eigenvalue weighted by Crippen LogP contribution is -2.43. The minimum absolute atomic E-state index is 0.133. The lowest BCUT2D eigenvalue weighted by atomic mass is 9.98. The van der Waals surface area contributed by atoms with Crippen molar-refractivity contribution >= 4 is 44.1 Å². The third-order valence-electron chi connectivity index (χ3n) is 5.39. The second-order valence-electron chi connectivity index (χ2n) is 7.68. The zero-order valence-corrected chi connectivity index (χ0v) is 17.9. The van der Waals surface area contributed by atoms with E-state index in [1.54, 1.807) is 12.1 Å². The number of aromatic amines is 1. The molecule has 1 fully saturated rings. The van der Waals surface area contributed by atoms with Crippen molar-refractivity contribution in [1.82, 2.24) is 9.29 Å². The number of hydrogen-bond acceptors (Lipinski definition) is 4. The number of aromatic nitrogens is 1. The summed E-state index contributed by atoms with van der Waals surface area (Å²) >= 11 is 0. The molecule has 3 aromatic rings. The fourth-order valence-corrected chi connectivity index (χ4v) is 5.34. The molecular formula is C22H24N4O4S. The van der Waals surface area contributed by atoms with Crippen molar-refractivity contribution < 1.29 is 18.0 Å². The summed E-state index contributed by atoms with van der Waals surface area (Å²) in [5.41, 5.74) is 2.20. The highest BCUT2D eigenvalue weighted by Crippen LogP contribution is 2.26. The Balaban J connectivity index is 1.45. The number of nitrogens with zero attached hydrogens (tertiary/aromatic N) is 1. The van der Waals surface area contributed by atoms with Crippen molar-refractivity contribution in [2.24, 2.45) is 5.92 Å². The molecule has 0 spiro atoms. The van der Waals surface area contributed by atoms with Gasteiger partial charge in [0.1, 0.15) is 0 Å². The summed E-state index contributed by atoms with van der Waals surface area (Å²) in [4.78, 5) is 27.2. The normalized spacial score (nSPS) is 17.4. The molecule has 4 rings (SSSR count). The molecule has 31 heavy (non-hydrogen) atoms. The Labute approximate surface area is 180 Å². The Bertz CT molecular complexity index is 1220. The summed E-state index contributed by atoms with van der Waals surface area (Å²) in [5.74, 6) is -0.837. The van der Waals surface area contributed by atoms with Gasteiger partial charge in [-0.05, 0) is 61.4 Å². The highest BCUT2D eigenvalue weighted by Gasteiger charge is 2.33. The van der Waals surface area contributed by atoms with Gasteiger partial charge in [0.2, 0.25) is 21.8 Å². The first-order valence-corrected chi connectivity index (χ1v) is 11.5. The van der Waals surface area contributed by atoms with Crippen LogP contribution in [0.4, 0.5) is 11.4 Å². The monoisotopic (exact) mass is 440 g/mol. The molecular weight excluding hydrogens is 416 g/mol. The van der Waals surface area contributed by atoms with Crippen molar-refractivity contribution in [3.63, 3.8) is 0 Å². The molecule has 2 aromatic carbocycles. The molecule has 1 atom stereocenters. The zero-order chi connectivity index (χ0) is 22.0. The van der Waals surface area contributed by atoms with E-state index in [-0.39, 0.29) is 23.3 Å². The number of carbonyl (C=O) groups excluding carboxylic acids is 2. The molecule has 0 bridgehead atoms. The largest absolute Gasteiger partial charge is 0.361 e. The number of fused-ring (bicyclic) bond motifs is 1. The Hall–Kier alpha value is -3.17. The van der Waals surface area contributed by atoms with Crippen LogP contribution < -0.4 is 10.6 Å². The Morgan fingerprint density at radius 2 is 1.77 bits per heavy atom. The summed E-state index contributed by atoms with van der Waals surface area (Å²) in [6, 6.07) is 13.6. The van der Waals surface area contributed by atoms with Gasteiger partial charge in [-0.1, -0.05) is 0 Å². The number of sulfonamides is 1. The number of rotatable bonds is 5. The Morgan fingerprint density at radius 3 is 2.52 bits per heavy atom. The number of H-pyrrole nitrogens is 1. The first kappa shape index (κ1) is 21.1. The number of amides is 2. The predicted molar refractivity (Wildman–Crippen MR) is 119 cm³/mol. The third kappa shape index (κ3) is 4.62. The van der Waals surface area contributed by atoms with Crippen LogP contribution in [0.15, 0.2) is 59.6 Å². The van der Waals surface area contributed by atoms with Crippen molar-refractivity contribution in [2.45, 2.75) is 24.7 Å². The lowest BCUT2D eigenvalue weighted by molar-refractivity contribution is -0.121. The van der Waals surface area contributed by atoms with Gasteiger partial charge < -0.3 is 15.6 Å². The molecule has 0 saturated carbocycles. The summed E-state index contributed by atoms with van der Waals surface area (Å²) in [6.45, 7) is 1.89. The topological polar surface area (TPSA) is 111 Å². The summed E-state index contributed by atoms with van der Waals surface area (Å²) < 4.78 is 27.5. The van der Waals surface area contributed by atoms with Gasteiger partial charge in [-0.2, -0.15) is 4.31 Å². The van der Waals surface area contributed by atoms with E-state index in [1.807, 2.05) is 30.5 Å². The number of hydrogen-bond donors (Lipinski definition) is 3. The van der Waals surface area contributed by atoms with Crippen LogP contribution in [-0.2, 0) is 19.6 Å². The van der Waals surface area contributed by atoms with Gasteiger partial charge in [0.15, 0.2) is 0 Å². The number of anilines is 2. The Kier molecular flexibility index (Phi) is 5.79. The van der Waals surface area contributed by atoms with E-state index in [4.69, 9.17) is 0 Å². The van der Waals surface area contributed by atoms with Gasteiger partial charge >= 0.3 is 0 Å². The molecule has 1 aliphatic rings. The maximum atomic E-state index is 13.1. The van der Waals surface area contributed by atoms with Gasteiger partial charge in [-0.25, -0.2) is 8.42 Å². The lowest BCUT2D eigenvalue weighted by Gasteiger charge is -2.31. The van der Waals surface area contributed by atoms with Crippen LogP contribution in [0.2, 0.25) is 0 Å². The quantitative estimate of drug-likeness (QED) is 0.566. The average Bonchev–Trinajstić information content (AvgIpc) is 3.22. The fraction of sp³-hybridized carbons (Fsp3) is 0.273. The van der Waals surface area contributed by atoms with Crippen LogP contribution in [0.3, 0.4) is 0 Å². The van der Waals surface area contributed by atoms with E-state index in [0.29, 0.717) is 30.8 Å². The van der Waals surface area contributed by atoms with E-state index in [2.05, 4.69) is 15.6 Å². The minimum atomic E-state index is -3.73. The Morgan fingerprint density at radius 1 is 1.03 bits per heavy atom. The molecule has 2 amide bonds. The van der Waals surface area contributed by atoms with Gasteiger partial charge in [0.05, 0.1) is 10.8 Å². The van der Waals surface area contributed by atoms with Crippen molar-refractivity contribution in [1.29, 1.82) is 0 Å². The van der Waals surface area contributed by atoms with Crippen molar-refractivity contribution in [2.75, 3.05) is 23.7 Å². The molecule has 2 heterocycles. The molecule has 9 heteroatoms. The van der Waals surface area contributed by atoms with Gasteiger partial charge in [-0.15, -0.1) is 0 Å². The summed E-state index contributed by atoms with van der Waals surface area (Å²) in [5, 5.41) is 6.53. The molecule has 1 aromatic heterocycles. The molecule has 0 radical (unpaired) electrons. The van der Waals surface area contributed by atoms with Crippen molar-refractivity contribution in [3.8, 4) is 0 Å². The smallest absolute Gasteiger partial charge is 0.243 e. The number of carbonyl (C=O) groups is 2. The first-order chi connectivity index (χ1) is 14.8. The number of piperidine rings is 1. The third-order valence-corrected chi connectivity index (χ3v) is 7.27. The molecule has 1 saturated heterocycles. The highest BCUT2D eigenvalue weighted by atomic mass is 32.2. The number of benzene rings is 2. The van der Waals surface area contributed by atoms with Gasteiger partial charge in [0, 0.05) is 48.5 Å². The highest BCUT2D eigenvalue weighted by molar-refractivity contribution is 7.89. The summed E-state index contributed by atoms with van der Waals surface area (Å²) in [6.07, 6.45) is 3.08. The molecule has 8 nitrogen and oxygen atoms in total. The minimum Gasteiger partial charge on any atom is -0.361 e. The molecule has 0 unspecified atom stereocenters. The van der Waals surface area contributed by atoms with E-state index >= 15 is 0 Å². The maximum absolute atomic E-state index is 13.1. The molecule has 162 valence electrons. The average molecular weight is 441 g/mol. The standard InChI is InChI=1S/C22H24N4O4S/c1-15(27)24-18-4-7-20(8-5-18)31(29,30)26-12-2-3-17(14-26)22(28)25-19-6-9-21-16(13-19)10-11-23-21/h4-11,13,17,23H,2-3,12,14H2,1H3,(H,24,27)(H,25,28)/t17-/m1/s1. The molecule has 0 aliphatic carbocycles. The van der Waals surface area contributed by atoms with Crippen LogP contribution in [0.25, 0.3) is 10.9 Å². The van der Waals surface area contributed by atoms with Gasteiger partial charge in [-0.3, -0.25) is 9.59 Å². The van der Waals surface area contributed by atoms with Crippen LogP contribution in [0.1, 0.15) is 19.8 Å². The first-order valence-electron chi connectivity index (χ1n) is 10.1. The zero-order valence-electron chi connectivity index (χ0n) is 17.1. The van der Waals surface area contributed by atoms with Crippen LogP contribution >= 0.6 is 0 Å². The number of nitrogens with one attached hydrogen (secondary N) is 3. The van der Waals surface area contributed by atoms with E-state index in [1.165, 1.54) is 23.4 Å². The van der Waals surface area contributed by atoms with Crippen LogP contribution in [0.5, 0.6) is 0 Å². The van der Waals surface area contributed by atoms with Crippen LogP contribution in [-0.4, -0.2) is 42.6 Å². The second-order valence-corrected chi connectivity index (χ2v) is 9.61. The predicted octanol–water partition coefficient (Wildman–Crippen LogP) is 3.17. The summed E-state index contributed by atoms with van der Waals surface area (Å²) in [7, 11) is -3.73. The fourth-order valence-electron chi connectivity index (χ4n) is 3.81. The van der Waals surface area contributed by atoms with E-state index in [9.17, 15) is 18.0 Å². The second kappa shape index (κ2) is 8.52. The SMILES string of the molecule is CC(=O)Nc1ccc(S(=O)(=O)N2CCC[C@@H](C(=O)Nc3ccc4[nH]ccc4c3)C2)cc1. The molecule has 1 aliphatic heterocycles. The molecule has 3 N–H and O–H groups in total. The maximum Gasteiger partial charge on any atom is 0.243 e. The van der Waals surface area contributed by atoms with Crippen molar-refractivity contribution in [3.05, 3.63) is 54.7 Å².